The molecule has 0 aliphatic rings. The zero-order chi connectivity index (χ0) is 16.9. The van der Waals surface area contributed by atoms with E-state index in [1.165, 1.54) is 19.3 Å². The number of rotatable bonds is 8. The van der Waals surface area contributed by atoms with Crippen molar-refractivity contribution in [2.45, 2.75) is 19.4 Å². The maximum Gasteiger partial charge on any atom is 0.411 e. The van der Waals surface area contributed by atoms with E-state index in [0.717, 1.165) is 24.5 Å². The fourth-order valence-corrected chi connectivity index (χ4v) is 2.35. The maximum atomic E-state index is 11.1. The first-order valence-electron chi connectivity index (χ1n) is 7.57. The Morgan fingerprint density at radius 2 is 1.96 bits per heavy atom. The highest BCUT2D eigenvalue weighted by Gasteiger charge is 2.01. The third-order valence-corrected chi connectivity index (χ3v) is 3.83. The molecule has 0 bridgehead atoms. The van der Waals surface area contributed by atoms with Crippen molar-refractivity contribution in [2.75, 3.05) is 38.0 Å². The number of hydrogen-bond acceptors (Lipinski definition) is 4. The lowest BCUT2D eigenvalue weighted by atomic mass is 10.2. The molecule has 3 N–H and O–H groups in total. The van der Waals surface area contributed by atoms with E-state index in [-0.39, 0.29) is 0 Å². The van der Waals surface area contributed by atoms with Gasteiger partial charge in [0.15, 0.2) is 5.96 Å². The molecule has 0 saturated carbocycles. The van der Waals surface area contributed by atoms with Crippen molar-refractivity contribution < 1.29 is 9.53 Å². The average molecular weight is 338 g/mol. The first-order valence-corrected chi connectivity index (χ1v) is 8.96. The molecule has 0 radical (unpaired) electrons. The number of hydrogen-bond donors (Lipinski definition) is 3. The largest absolute Gasteiger partial charge is 0.453 e. The van der Waals surface area contributed by atoms with Gasteiger partial charge in [0.05, 0.1) is 7.11 Å². The van der Waals surface area contributed by atoms with Crippen LogP contribution < -0.4 is 16.0 Å². The number of amides is 1. The Kier molecular flexibility index (Phi) is 9.70. The number of nitrogens with one attached hydrogen (secondary N) is 3. The van der Waals surface area contributed by atoms with E-state index in [1.54, 1.807) is 7.05 Å². The Hall–Kier alpha value is -1.89. The van der Waals surface area contributed by atoms with Crippen LogP contribution in [0.25, 0.3) is 0 Å². The topological polar surface area (TPSA) is 74.8 Å². The fourth-order valence-electron chi connectivity index (χ4n) is 1.86. The molecular weight excluding hydrogens is 312 g/mol. The summed E-state index contributed by atoms with van der Waals surface area (Å²) in [5.41, 5.74) is 1.81. The molecular formula is C16H26N4O2S. The van der Waals surface area contributed by atoms with Gasteiger partial charge in [0.25, 0.3) is 0 Å². The number of benzene rings is 1. The molecule has 0 unspecified atom stereocenters. The maximum absolute atomic E-state index is 11.1. The second kappa shape index (κ2) is 11.6. The van der Waals surface area contributed by atoms with Crippen LogP contribution in [0.2, 0.25) is 0 Å². The molecule has 1 aromatic rings. The van der Waals surface area contributed by atoms with Crippen molar-refractivity contribution in [3.8, 4) is 0 Å². The van der Waals surface area contributed by atoms with Gasteiger partial charge in [-0.2, -0.15) is 11.8 Å². The summed E-state index contributed by atoms with van der Waals surface area (Å²) < 4.78 is 4.55. The molecule has 0 aliphatic carbocycles. The number of unbranched alkanes of at least 4 members (excludes halogenated alkanes) is 1. The molecule has 7 heteroatoms. The van der Waals surface area contributed by atoms with E-state index >= 15 is 0 Å². The molecule has 23 heavy (non-hydrogen) atoms. The number of ether oxygens (including phenoxy) is 1. The Balaban J connectivity index is 2.33. The van der Waals surface area contributed by atoms with Crippen LogP contribution in [0.15, 0.2) is 29.3 Å². The van der Waals surface area contributed by atoms with E-state index in [0.29, 0.717) is 12.2 Å². The summed E-state index contributed by atoms with van der Waals surface area (Å²) in [6.45, 7) is 1.59. The zero-order valence-electron chi connectivity index (χ0n) is 14.0. The minimum atomic E-state index is -0.470. The van der Waals surface area contributed by atoms with E-state index in [4.69, 9.17) is 0 Å². The third kappa shape index (κ3) is 8.35. The fraction of sp³-hybridized carbons (Fsp3) is 0.500. The number of carbonyl (C=O) groups is 1. The SMILES string of the molecule is CN=C(NCCCCSC)NCc1ccc(NC(=O)OC)cc1. The number of nitrogens with zero attached hydrogens (tertiary/aromatic N) is 1. The molecule has 0 aliphatic heterocycles. The number of methoxy groups -OCH3 is 1. The molecule has 1 aromatic carbocycles. The number of aliphatic imine (C=N–C) groups is 1. The lowest BCUT2D eigenvalue weighted by molar-refractivity contribution is 0.187. The van der Waals surface area contributed by atoms with Crippen LogP contribution in [-0.4, -0.2) is 44.8 Å². The summed E-state index contributed by atoms with van der Waals surface area (Å²) in [6.07, 6.45) is 4.00. The van der Waals surface area contributed by atoms with Crippen LogP contribution in [0.1, 0.15) is 18.4 Å². The molecule has 0 heterocycles. The van der Waals surface area contributed by atoms with Gasteiger partial charge in [-0.15, -0.1) is 0 Å². The predicted octanol–water partition coefficient (Wildman–Crippen LogP) is 2.67. The minimum absolute atomic E-state index is 0.470. The lowest BCUT2D eigenvalue weighted by Gasteiger charge is -2.12. The molecule has 6 nitrogen and oxygen atoms in total. The van der Waals surface area contributed by atoms with Crippen molar-refractivity contribution in [1.29, 1.82) is 0 Å². The highest BCUT2D eigenvalue weighted by molar-refractivity contribution is 7.98. The van der Waals surface area contributed by atoms with Crippen LogP contribution >= 0.6 is 11.8 Å². The van der Waals surface area contributed by atoms with Crippen LogP contribution in [0, 0.1) is 0 Å². The Morgan fingerprint density at radius 1 is 1.22 bits per heavy atom. The quantitative estimate of drug-likeness (QED) is 0.386. The number of anilines is 1. The summed E-state index contributed by atoms with van der Waals surface area (Å²) >= 11 is 1.87. The molecule has 0 spiro atoms. The summed E-state index contributed by atoms with van der Waals surface area (Å²) in [5, 5.41) is 9.19. The van der Waals surface area contributed by atoms with Crippen molar-refractivity contribution in [3.05, 3.63) is 29.8 Å². The molecule has 1 amide bonds. The van der Waals surface area contributed by atoms with Gasteiger partial charge in [-0.05, 0) is 42.5 Å². The van der Waals surface area contributed by atoms with Crippen molar-refractivity contribution in [1.82, 2.24) is 10.6 Å². The number of carbonyl (C=O) groups excluding carboxylic acids is 1. The van der Waals surface area contributed by atoms with Gasteiger partial charge in [0.2, 0.25) is 0 Å². The van der Waals surface area contributed by atoms with Crippen LogP contribution in [0.3, 0.4) is 0 Å². The summed E-state index contributed by atoms with van der Waals surface area (Å²) in [7, 11) is 3.11. The van der Waals surface area contributed by atoms with Gasteiger partial charge in [-0.3, -0.25) is 10.3 Å². The van der Waals surface area contributed by atoms with Crippen LogP contribution in [0.4, 0.5) is 10.5 Å². The van der Waals surface area contributed by atoms with Crippen molar-refractivity contribution in [3.63, 3.8) is 0 Å². The van der Waals surface area contributed by atoms with Gasteiger partial charge in [-0.25, -0.2) is 4.79 Å². The van der Waals surface area contributed by atoms with Gasteiger partial charge < -0.3 is 15.4 Å². The lowest BCUT2D eigenvalue weighted by Crippen LogP contribution is -2.37. The number of thioether (sulfide) groups is 1. The van der Waals surface area contributed by atoms with Gasteiger partial charge >= 0.3 is 6.09 Å². The second-order valence-corrected chi connectivity index (χ2v) is 5.85. The van der Waals surface area contributed by atoms with E-state index < -0.39 is 6.09 Å². The Morgan fingerprint density at radius 3 is 2.57 bits per heavy atom. The normalized spacial score (nSPS) is 11.0. The van der Waals surface area contributed by atoms with Gasteiger partial charge in [0.1, 0.15) is 0 Å². The zero-order valence-corrected chi connectivity index (χ0v) is 14.8. The Bertz CT molecular complexity index is 491. The van der Waals surface area contributed by atoms with E-state index in [9.17, 15) is 4.79 Å². The molecule has 0 fully saturated rings. The third-order valence-electron chi connectivity index (χ3n) is 3.14. The first-order chi connectivity index (χ1) is 11.2. The van der Waals surface area contributed by atoms with Crippen LogP contribution in [-0.2, 0) is 11.3 Å². The van der Waals surface area contributed by atoms with Crippen molar-refractivity contribution >= 4 is 29.5 Å². The molecule has 0 aromatic heterocycles. The van der Waals surface area contributed by atoms with E-state index in [2.05, 4.69) is 31.9 Å². The summed E-state index contributed by atoms with van der Waals surface area (Å²) in [4.78, 5) is 15.3. The van der Waals surface area contributed by atoms with Gasteiger partial charge in [-0.1, -0.05) is 12.1 Å². The number of guanidine groups is 1. The average Bonchev–Trinajstić information content (AvgIpc) is 2.58. The van der Waals surface area contributed by atoms with E-state index in [1.807, 2.05) is 36.0 Å². The van der Waals surface area contributed by atoms with Crippen LogP contribution in [0.5, 0.6) is 0 Å². The summed E-state index contributed by atoms with van der Waals surface area (Å²) in [5.74, 6) is 1.99. The van der Waals surface area contributed by atoms with Gasteiger partial charge in [0, 0.05) is 25.8 Å². The molecule has 0 atom stereocenters. The monoisotopic (exact) mass is 338 g/mol. The highest BCUT2D eigenvalue weighted by Crippen LogP contribution is 2.09. The molecule has 128 valence electrons. The predicted molar refractivity (Wildman–Crippen MR) is 98.3 cm³/mol. The standard InChI is InChI=1S/C16H26N4O2S/c1-17-15(18-10-4-5-11-23-3)19-12-13-6-8-14(9-7-13)20-16(21)22-2/h6-9H,4-5,10-12H2,1-3H3,(H,20,21)(H2,17,18,19). The van der Waals surface area contributed by atoms with Crippen molar-refractivity contribution in [2.24, 2.45) is 4.99 Å². The summed E-state index contributed by atoms with van der Waals surface area (Å²) in [6, 6.07) is 7.58. The first kappa shape index (κ1) is 19.2. The highest BCUT2D eigenvalue weighted by atomic mass is 32.2. The smallest absolute Gasteiger partial charge is 0.411 e. The molecule has 0 saturated heterocycles. The Labute approximate surface area is 142 Å². The second-order valence-electron chi connectivity index (χ2n) is 4.87. The minimum Gasteiger partial charge on any atom is -0.453 e. The molecule has 1 rings (SSSR count).